The minimum absolute atomic E-state index is 0. The van der Waals surface area contributed by atoms with E-state index in [1.165, 1.54) is 12.1 Å². The van der Waals surface area contributed by atoms with Gasteiger partial charge < -0.3 is 0 Å². The summed E-state index contributed by atoms with van der Waals surface area (Å²) < 4.78 is 7.92. The summed E-state index contributed by atoms with van der Waals surface area (Å²) in [6, 6.07) is 4.65. The summed E-state index contributed by atoms with van der Waals surface area (Å²) in [4.78, 5) is 22.8. The zero-order valence-corrected chi connectivity index (χ0v) is 15.5. The molecule has 0 aliphatic rings. The number of fused-ring (bicyclic) bond motifs is 1. The predicted octanol–water partition coefficient (Wildman–Crippen LogP) is -0.174. The first-order chi connectivity index (χ1) is 9.77. The van der Waals surface area contributed by atoms with Crippen LogP contribution in [0.2, 0.25) is 0 Å². The number of nitriles is 1. The Morgan fingerprint density at radius 3 is 2.45 bits per heavy atom. The van der Waals surface area contributed by atoms with Crippen molar-refractivity contribution in [2.75, 3.05) is 0 Å². The summed E-state index contributed by atoms with van der Waals surface area (Å²) in [6.07, 6.45) is 0. The van der Waals surface area contributed by atoms with Gasteiger partial charge in [-0.05, 0) is 6.07 Å². The number of hydrogen-bond acceptors (Lipinski definition) is 7. The van der Waals surface area contributed by atoms with Crippen molar-refractivity contribution in [1.82, 2.24) is 8.75 Å². The Bertz CT molecular complexity index is 776. The van der Waals surface area contributed by atoms with Crippen LogP contribution in [-0.2, 0) is 4.79 Å². The second-order valence-electron chi connectivity index (χ2n) is 5.57. The number of benzene rings is 1. The molecule has 7 nitrogen and oxygen atoms in total. The van der Waals surface area contributed by atoms with E-state index in [1.807, 2.05) is 6.07 Å². The Kier molecular flexibility index (Phi) is 5.76. The van der Waals surface area contributed by atoms with E-state index in [9.17, 15) is 20.2 Å². The van der Waals surface area contributed by atoms with Crippen molar-refractivity contribution in [3.8, 4) is 6.07 Å². The Balaban J connectivity index is 0.00000242. The fourth-order valence-electron chi connectivity index (χ4n) is 1.96. The van der Waals surface area contributed by atoms with Crippen LogP contribution in [0.25, 0.3) is 11.0 Å². The second-order valence-corrected chi connectivity index (χ2v) is 6.10. The topological polar surface area (TPSA) is 110 Å². The number of rotatable bonds is 3. The van der Waals surface area contributed by atoms with Crippen LogP contribution < -0.4 is 29.6 Å². The van der Waals surface area contributed by atoms with Crippen molar-refractivity contribution in [2.24, 2.45) is 5.41 Å². The van der Waals surface area contributed by atoms with E-state index < -0.39 is 16.3 Å². The molecule has 0 aliphatic carbocycles. The standard InChI is InChI=1S/C13H12N4O3S.Na/c1-13(2,3)12(18)8(6-14)7-4-5-9(17(19)20)11-10(7)15-21-16-11;/h4-5,8H,1-3H3;/q;+1. The number of nitrogens with zero attached hydrogens (tertiary/aromatic N) is 4. The smallest absolute Gasteiger partial charge is 0.297 e. The number of hydrogen-bond donors (Lipinski definition) is 0. The van der Waals surface area contributed by atoms with Gasteiger partial charge in [0.25, 0.3) is 5.69 Å². The molecule has 1 heterocycles. The molecule has 1 aromatic carbocycles. The largest absolute Gasteiger partial charge is 1.00 e. The van der Waals surface area contributed by atoms with E-state index in [4.69, 9.17) is 0 Å². The third-order valence-corrected chi connectivity index (χ3v) is 3.59. The van der Waals surface area contributed by atoms with Crippen LogP contribution in [0.3, 0.4) is 0 Å². The van der Waals surface area contributed by atoms with Crippen molar-refractivity contribution >= 4 is 34.2 Å². The number of carbonyl (C=O) groups is 1. The van der Waals surface area contributed by atoms with Gasteiger partial charge in [-0.1, -0.05) is 20.8 Å². The molecular formula is C13H12N4NaO3S+. The fraction of sp³-hybridized carbons (Fsp3) is 0.385. The van der Waals surface area contributed by atoms with E-state index in [1.54, 1.807) is 20.8 Å². The predicted molar refractivity (Wildman–Crippen MR) is 76.9 cm³/mol. The van der Waals surface area contributed by atoms with Gasteiger partial charge in [-0.25, -0.2) is 0 Å². The molecule has 0 fully saturated rings. The molecule has 0 spiro atoms. The molecular weight excluding hydrogens is 315 g/mol. The molecule has 1 atom stereocenters. The first-order valence-corrected chi connectivity index (χ1v) is 6.84. The summed E-state index contributed by atoms with van der Waals surface area (Å²) in [5.41, 5.74) is -0.144. The summed E-state index contributed by atoms with van der Waals surface area (Å²) >= 11 is 0.821. The van der Waals surface area contributed by atoms with Gasteiger partial charge in [-0.2, -0.15) is 14.0 Å². The maximum atomic E-state index is 12.4. The zero-order valence-electron chi connectivity index (χ0n) is 12.7. The average Bonchev–Trinajstić information content (AvgIpc) is 2.87. The molecule has 0 bridgehead atoms. The number of nitro benzene ring substituents is 1. The number of aromatic nitrogens is 2. The molecule has 2 rings (SSSR count). The summed E-state index contributed by atoms with van der Waals surface area (Å²) in [5.74, 6) is -1.27. The van der Waals surface area contributed by atoms with E-state index >= 15 is 0 Å². The third kappa shape index (κ3) is 3.33. The van der Waals surface area contributed by atoms with Crippen molar-refractivity contribution in [1.29, 1.82) is 5.26 Å². The van der Waals surface area contributed by atoms with Crippen LogP contribution in [0.5, 0.6) is 0 Å². The summed E-state index contributed by atoms with van der Waals surface area (Å²) in [6.45, 7) is 5.17. The Labute approximate surface area is 153 Å². The molecule has 9 heteroatoms. The molecule has 1 unspecified atom stereocenters. The van der Waals surface area contributed by atoms with Gasteiger partial charge in [0.15, 0.2) is 11.3 Å². The van der Waals surface area contributed by atoms with Crippen LogP contribution in [0.15, 0.2) is 12.1 Å². The van der Waals surface area contributed by atoms with Crippen LogP contribution >= 0.6 is 11.7 Å². The van der Waals surface area contributed by atoms with Gasteiger partial charge in [0.1, 0.15) is 11.4 Å². The Morgan fingerprint density at radius 1 is 1.36 bits per heavy atom. The third-order valence-electron chi connectivity index (χ3n) is 3.06. The Morgan fingerprint density at radius 2 is 1.95 bits per heavy atom. The maximum absolute atomic E-state index is 12.4. The van der Waals surface area contributed by atoms with Crippen LogP contribution in [0.4, 0.5) is 5.69 Å². The molecule has 0 N–H and O–H groups in total. The monoisotopic (exact) mass is 327 g/mol. The van der Waals surface area contributed by atoms with Gasteiger partial charge in [-0.15, -0.1) is 0 Å². The number of Topliss-reactive ketones (excluding diaryl/α,β-unsaturated/α-hetero) is 1. The first-order valence-electron chi connectivity index (χ1n) is 6.11. The number of non-ortho nitro benzene ring substituents is 1. The quantitative estimate of drug-likeness (QED) is 0.439. The van der Waals surface area contributed by atoms with Crippen LogP contribution in [0, 0.1) is 26.9 Å². The van der Waals surface area contributed by atoms with Gasteiger partial charge in [0.2, 0.25) is 0 Å². The van der Waals surface area contributed by atoms with Crippen molar-refractivity contribution in [3.63, 3.8) is 0 Å². The molecule has 1 aromatic heterocycles. The van der Waals surface area contributed by atoms with E-state index in [0.717, 1.165) is 11.7 Å². The van der Waals surface area contributed by atoms with Crippen molar-refractivity contribution < 1.29 is 39.3 Å². The SMILES string of the molecule is CC(C)(C)C(=O)C(C#N)c1ccc([N+](=O)[O-])c2nsnc12.[Na+]. The molecule has 0 radical (unpaired) electrons. The van der Waals surface area contributed by atoms with Crippen LogP contribution in [-0.4, -0.2) is 19.5 Å². The number of carbonyl (C=O) groups excluding carboxylic acids is 1. The van der Waals surface area contributed by atoms with Gasteiger partial charge in [-0.3, -0.25) is 14.9 Å². The average molecular weight is 327 g/mol. The molecule has 0 saturated carbocycles. The minimum atomic E-state index is -1.02. The molecule has 2 aromatic rings. The van der Waals surface area contributed by atoms with E-state index in [2.05, 4.69) is 8.75 Å². The number of nitro groups is 1. The molecule has 0 saturated heterocycles. The van der Waals surface area contributed by atoms with Crippen molar-refractivity contribution in [3.05, 3.63) is 27.8 Å². The van der Waals surface area contributed by atoms with Gasteiger partial charge >= 0.3 is 29.6 Å². The van der Waals surface area contributed by atoms with Gasteiger partial charge in [0.05, 0.1) is 22.7 Å². The van der Waals surface area contributed by atoms with Crippen molar-refractivity contribution in [2.45, 2.75) is 26.7 Å². The molecule has 0 aliphatic heterocycles. The summed E-state index contributed by atoms with van der Waals surface area (Å²) in [5, 5.41) is 20.3. The number of ketones is 1. The minimum Gasteiger partial charge on any atom is -0.297 e. The van der Waals surface area contributed by atoms with E-state index in [0.29, 0.717) is 5.56 Å². The molecule has 0 amide bonds. The van der Waals surface area contributed by atoms with Gasteiger partial charge in [0, 0.05) is 17.0 Å². The second kappa shape index (κ2) is 6.79. The zero-order chi connectivity index (χ0) is 15.8. The van der Waals surface area contributed by atoms with E-state index in [-0.39, 0.29) is 52.1 Å². The Hall–Kier alpha value is -1.40. The molecule has 22 heavy (non-hydrogen) atoms. The maximum Gasteiger partial charge on any atom is 1.00 e. The summed E-state index contributed by atoms with van der Waals surface area (Å²) in [7, 11) is 0. The fourth-order valence-corrected chi connectivity index (χ4v) is 2.53. The normalized spacial score (nSPS) is 12.3. The molecule has 108 valence electrons. The van der Waals surface area contributed by atoms with Crippen LogP contribution in [0.1, 0.15) is 32.3 Å². The first kappa shape index (κ1) is 18.6.